The van der Waals surface area contributed by atoms with Gasteiger partial charge in [0.2, 0.25) is 5.91 Å². The normalized spacial score (nSPS) is 13.2. The standard InChI is InChI=1S/C20H22N2O3.C19H19NO4.CH5N/c1-3-18(19(23)21-2)22-20(24)25-12-17-15-10-6-4-8-13(15)14-9-5-7-11-16(14)17;1-2-17(18(21)22)20-19(23)24-11-16-14-9-5-3-7-12(14)13-8-4-6-10-15(13)16;1-2/h4-11,17-18H,3,12H2,1-2H3,(H,21,23)(H,22,24);3-10,16-17H,2,11H2,1H3,(H,20,23)(H,21,22);2H2,1H3. The maximum atomic E-state index is 12.1. The average molecular weight is 695 g/mol. The fourth-order valence-corrected chi connectivity index (χ4v) is 6.43. The minimum atomic E-state index is -1.06. The number of hydrogen-bond acceptors (Lipinski definition) is 7. The van der Waals surface area contributed by atoms with E-state index >= 15 is 0 Å². The van der Waals surface area contributed by atoms with Gasteiger partial charge in [-0.3, -0.25) is 4.79 Å². The minimum Gasteiger partial charge on any atom is -0.480 e. The number of carbonyl (C=O) groups excluding carboxylic acids is 3. The number of nitrogens with one attached hydrogen (secondary N) is 3. The van der Waals surface area contributed by atoms with Crippen molar-refractivity contribution in [1.82, 2.24) is 16.0 Å². The Bertz CT molecular complexity index is 1740. The third-order valence-electron chi connectivity index (χ3n) is 8.95. The van der Waals surface area contributed by atoms with Gasteiger partial charge in [-0.25, -0.2) is 14.4 Å². The number of rotatable bonds is 10. The Kier molecular flexibility index (Phi) is 13.7. The van der Waals surface area contributed by atoms with E-state index in [4.69, 9.17) is 14.6 Å². The number of nitrogens with two attached hydrogens (primary N) is 1. The fourth-order valence-electron chi connectivity index (χ4n) is 6.43. The Hall–Kier alpha value is -5.68. The first-order chi connectivity index (χ1) is 24.8. The first-order valence-electron chi connectivity index (χ1n) is 17.0. The van der Waals surface area contributed by atoms with Crippen molar-refractivity contribution in [2.24, 2.45) is 5.73 Å². The lowest BCUT2D eigenvalue weighted by Crippen LogP contribution is -2.45. The van der Waals surface area contributed by atoms with E-state index in [9.17, 15) is 19.2 Å². The number of aliphatic carboxylic acids is 1. The highest BCUT2D eigenvalue weighted by molar-refractivity contribution is 5.85. The highest BCUT2D eigenvalue weighted by Gasteiger charge is 2.31. The molecule has 0 aliphatic heterocycles. The molecular weight excluding hydrogens is 648 g/mol. The van der Waals surface area contributed by atoms with Crippen molar-refractivity contribution < 1.29 is 33.8 Å². The molecule has 11 nitrogen and oxygen atoms in total. The molecule has 2 unspecified atom stereocenters. The van der Waals surface area contributed by atoms with Gasteiger partial charge in [0.15, 0.2) is 0 Å². The highest BCUT2D eigenvalue weighted by atomic mass is 16.6. The Morgan fingerprint density at radius 3 is 1.22 bits per heavy atom. The zero-order chi connectivity index (χ0) is 36.9. The lowest BCUT2D eigenvalue weighted by Gasteiger charge is -2.18. The van der Waals surface area contributed by atoms with Crippen LogP contribution in [0.4, 0.5) is 9.59 Å². The summed E-state index contributed by atoms with van der Waals surface area (Å²) in [5, 5.41) is 16.5. The molecule has 51 heavy (non-hydrogen) atoms. The second kappa shape index (κ2) is 18.4. The Morgan fingerprint density at radius 1 is 0.608 bits per heavy atom. The molecule has 0 saturated heterocycles. The molecular formula is C40H46N4O7. The van der Waals surface area contributed by atoms with E-state index in [1.54, 1.807) is 14.0 Å². The van der Waals surface area contributed by atoms with Crippen LogP contribution in [0.25, 0.3) is 22.3 Å². The third kappa shape index (κ3) is 8.92. The molecule has 2 aliphatic rings. The Balaban J connectivity index is 0.000000218. The van der Waals surface area contributed by atoms with Gasteiger partial charge in [-0.05, 0) is 64.4 Å². The molecule has 268 valence electrons. The predicted molar refractivity (Wildman–Crippen MR) is 196 cm³/mol. The van der Waals surface area contributed by atoms with Crippen LogP contribution in [0.5, 0.6) is 0 Å². The van der Waals surface area contributed by atoms with Crippen molar-refractivity contribution in [3.8, 4) is 22.3 Å². The summed E-state index contributed by atoms with van der Waals surface area (Å²) in [6.07, 6.45) is -0.466. The van der Waals surface area contributed by atoms with E-state index in [1.807, 2.05) is 67.6 Å². The molecule has 2 aliphatic carbocycles. The second-order valence-electron chi connectivity index (χ2n) is 11.8. The third-order valence-corrected chi connectivity index (χ3v) is 8.95. The maximum absolute atomic E-state index is 12.1. The summed E-state index contributed by atoms with van der Waals surface area (Å²) in [6, 6.07) is 30.9. The summed E-state index contributed by atoms with van der Waals surface area (Å²) in [5.74, 6) is -1.31. The van der Waals surface area contributed by atoms with Crippen molar-refractivity contribution in [3.63, 3.8) is 0 Å². The zero-order valence-electron chi connectivity index (χ0n) is 29.3. The van der Waals surface area contributed by atoms with Gasteiger partial charge >= 0.3 is 18.2 Å². The number of ether oxygens (including phenoxy) is 2. The SMILES string of the molecule is CCC(NC(=O)OCC1c2ccccc2-c2ccccc21)C(=O)NC.CCC(NC(=O)OCC1c2ccccc2-c2ccccc21)C(=O)O.CN. The summed E-state index contributed by atoms with van der Waals surface area (Å²) < 4.78 is 10.7. The van der Waals surface area contributed by atoms with Gasteiger partial charge in [0.25, 0.3) is 0 Å². The molecule has 11 heteroatoms. The van der Waals surface area contributed by atoms with Crippen LogP contribution in [0.2, 0.25) is 0 Å². The lowest BCUT2D eigenvalue weighted by molar-refractivity contribution is -0.139. The van der Waals surface area contributed by atoms with Gasteiger partial charge in [0.1, 0.15) is 25.3 Å². The van der Waals surface area contributed by atoms with Crippen molar-refractivity contribution in [1.29, 1.82) is 0 Å². The van der Waals surface area contributed by atoms with Crippen LogP contribution in [0.3, 0.4) is 0 Å². The summed E-state index contributed by atoms with van der Waals surface area (Å²) >= 11 is 0. The van der Waals surface area contributed by atoms with Crippen LogP contribution < -0.4 is 21.7 Å². The van der Waals surface area contributed by atoms with E-state index in [1.165, 1.54) is 18.2 Å². The quantitative estimate of drug-likeness (QED) is 0.134. The molecule has 0 bridgehead atoms. The number of benzene rings is 4. The minimum absolute atomic E-state index is 0.0122. The largest absolute Gasteiger partial charge is 0.480 e. The summed E-state index contributed by atoms with van der Waals surface area (Å²) in [4.78, 5) is 46.7. The molecule has 6 rings (SSSR count). The van der Waals surface area contributed by atoms with Gasteiger partial charge in [-0.15, -0.1) is 0 Å². The molecule has 2 atom stereocenters. The lowest BCUT2D eigenvalue weighted by atomic mass is 9.98. The maximum Gasteiger partial charge on any atom is 0.407 e. The van der Waals surface area contributed by atoms with Crippen LogP contribution in [0.1, 0.15) is 60.8 Å². The number of carbonyl (C=O) groups is 4. The van der Waals surface area contributed by atoms with Gasteiger partial charge in [-0.2, -0.15) is 0 Å². The van der Waals surface area contributed by atoms with Gasteiger partial charge in [0, 0.05) is 18.9 Å². The number of carboxylic acids is 1. The van der Waals surface area contributed by atoms with Crippen LogP contribution in [0, 0.1) is 0 Å². The van der Waals surface area contributed by atoms with E-state index in [-0.39, 0.29) is 31.0 Å². The Labute approximate surface area is 298 Å². The molecule has 6 N–H and O–H groups in total. The molecule has 0 heterocycles. The predicted octanol–water partition coefficient (Wildman–Crippen LogP) is 6.01. The molecule has 4 aromatic rings. The fraction of sp³-hybridized carbons (Fsp3) is 0.300. The van der Waals surface area contributed by atoms with Crippen molar-refractivity contribution in [2.75, 3.05) is 27.3 Å². The van der Waals surface area contributed by atoms with E-state index in [0.29, 0.717) is 12.8 Å². The molecule has 0 radical (unpaired) electrons. The number of carboxylic acid groups (broad SMARTS) is 1. The monoisotopic (exact) mass is 694 g/mol. The van der Waals surface area contributed by atoms with Crippen LogP contribution in [0.15, 0.2) is 97.1 Å². The number of likely N-dealkylation sites (N-methyl/N-ethyl adjacent to an activating group) is 1. The number of alkyl carbamates (subject to hydrolysis) is 2. The molecule has 4 aromatic carbocycles. The van der Waals surface area contributed by atoms with Crippen LogP contribution in [-0.2, 0) is 19.1 Å². The molecule has 0 spiro atoms. The van der Waals surface area contributed by atoms with Crippen molar-refractivity contribution in [2.45, 2.75) is 50.6 Å². The van der Waals surface area contributed by atoms with E-state index in [0.717, 1.165) is 33.4 Å². The number of amides is 3. The van der Waals surface area contributed by atoms with Crippen LogP contribution in [-0.4, -0.2) is 68.6 Å². The first-order valence-corrected chi connectivity index (χ1v) is 17.0. The first kappa shape index (κ1) is 38.1. The smallest absolute Gasteiger partial charge is 0.407 e. The van der Waals surface area contributed by atoms with Crippen molar-refractivity contribution >= 4 is 24.1 Å². The Morgan fingerprint density at radius 2 is 0.922 bits per heavy atom. The topological polar surface area (TPSA) is 169 Å². The summed E-state index contributed by atoms with van der Waals surface area (Å²) in [5.41, 5.74) is 13.7. The molecule has 0 aromatic heterocycles. The number of fused-ring (bicyclic) bond motifs is 6. The van der Waals surface area contributed by atoms with E-state index in [2.05, 4.69) is 58.1 Å². The molecule has 0 saturated carbocycles. The number of hydrogen-bond donors (Lipinski definition) is 5. The molecule has 0 fully saturated rings. The van der Waals surface area contributed by atoms with Gasteiger partial charge in [0.05, 0.1) is 0 Å². The zero-order valence-corrected chi connectivity index (χ0v) is 29.3. The van der Waals surface area contributed by atoms with Gasteiger partial charge in [-0.1, -0.05) is 111 Å². The van der Waals surface area contributed by atoms with E-state index < -0.39 is 30.2 Å². The van der Waals surface area contributed by atoms with Crippen molar-refractivity contribution in [3.05, 3.63) is 119 Å². The summed E-state index contributed by atoms with van der Waals surface area (Å²) in [7, 11) is 3.05. The highest BCUT2D eigenvalue weighted by Crippen LogP contribution is 2.45. The second-order valence-corrected chi connectivity index (χ2v) is 11.8. The van der Waals surface area contributed by atoms with Crippen LogP contribution >= 0.6 is 0 Å². The average Bonchev–Trinajstić information content (AvgIpc) is 3.67. The van der Waals surface area contributed by atoms with Gasteiger partial charge < -0.3 is 36.3 Å². The summed E-state index contributed by atoms with van der Waals surface area (Å²) in [6.45, 7) is 3.95. The molecule has 3 amide bonds.